The maximum absolute atomic E-state index is 12.7. The molecule has 0 aliphatic carbocycles. The number of aromatic nitrogens is 1. The van der Waals surface area contributed by atoms with E-state index in [1.807, 2.05) is 6.92 Å². The van der Waals surface area contributed by atoms with E-state index in [1.54, 1.807) is 0 Å². The maximum atomic E-state index is 12.7. The number of benzene rings is 1. The summed E-state index contributed by atoms with van der Waals surface area (Å²) in [7, 11) is 0. The fraction of sp³-hybridized carbons (Fsp3) is 0.500. The molecule has 4 heterocycles. The van der Waals surface area contributed by atoms with Gasteiger partial charge < -0.3 is 19.9 Å². The first-order chi connectivity index (χ1) is 15.6. The highest BCUT2D eigenvalue weighted by atomic mass is 35.5. The van der Waals surface area contributed by atoms with Crippen LogP contribution in [0.2, 0.25) is 0 Å². The molecule has 0 unspecified atom stereocenters. The van der Waals surface area contributed by atoms with Crippen LogP contribution in [0.1, 0.15) is 37.3 Å². The van der Waals surface area contributed by atoms with Gasteiger partial charge in [0.05, 0.1) is 23.2 Å². The lowest BCUT2D eigenvalue weighted by Crippen LogP contribution is -2.45. The van der Waals surface area contributed by atoms with Gasteiger partial charge in [0.2, 0.25) is 0 Å². The molecule has 8 heteroatoms. The number of aromatic amines is 1. The number of allylic oxidation sites excluding steroid dienone is 1. The molecule has 0 spiro atoms. The average Bonchev–Trinajstić information content (AvgIpc) is 2.80. The highest BCUT2D eigenvalue weighted by Gasteiger charge is 2.23. The summed E-state index contributed by atoms with van der Waals surface area (Å²) in [5.41, 5.74) is 3.79. The van der Waals surface area contributed by atoms with Crippen molar-refractivity contribution in [2.24, 2.45) is 4.99 Å². The molecule has 0 amide bonds. The Morgan fingerprint density at radius 1 is 1.19 bits per heavy atom. The first kappa shape index (κ1) is 21.3. The van der Waals surface area contributed by atoms with E-state index in [4.69, 9.17) is 16.3 Å². The number of rotatable bonds is 5. The van der Waals surface area contributed by atoms with Crippen molar-refractivity contribution in [3.8, 4) is 5.75 Å². The van der Waals surface area contributed by atoms with E-state index in [-0.39, 0.29) is 5.56 Å². The Hall–Kier alpha value is -2.51. The van der Waals surface area contributed by atoms with Gasteiger partial charge in [0.15, 0.2) is 0 Å². The van der Waals surface area contributed by atoms with Crippen molar-refractivity contribution in [3.05, 3.63) is 45.5 Å². The number of pyridine rings is 1. The molecule has 2 aromatic rings. The third-order valence-electron chi connectivity index (χ3n) is 6.46. The number of ether oxygens (including phenoxy) is 1. The number of nitrogens with zero attached hydrogens (tertiary/aromatic N) is 3. The molecule has 1 saturated heterocycles. The molecule has 7 nitrogen and oxygen atoms in total. The van der Waals surface area contributed by atoms with Crippen LogP contribution in [-0.4, -0.2) is 59.3 Å². The van der Waals surface area contributed by atoms with E-state index in [0.717, 1.165) is 104 Å². The van der Waals surface area contributed by atoms with Crippen molar-refractivity contribution in [3.63, 3.8) is 0 Å². The zero-order valence-corrected chi connectivity index (χ0v) is 19.3. The van der Waals surface area contributed by atoms with Crippen LogP contribution in [0.15, 0.2) is 33.8 Å². The quantitative estimate of drug-likeness (QED) is 0.719. The maximum Gasteiger partial charge on any atom is 0.253 e. The lowest BCUT2D eigenvalue weighted by Gasteiger charge is -2.36. The lowest BCUT2D eigenvalue weighted by molar-refractivity contribution is 0.151. The van der Waals surface area contributed by atoms with Crippen LogP contribution in [0.5, 0.6) is 5.75 Å². The number of hydrogen-bond donors (Lipinski definition) is 2. The third kappa shape index (κ3) is 4.24. The number of fused-ring (bicyclic) bond motifs is 3. The molecule has 0 radical (unpaired) electrons. The zero-order chi connectivity index (χ0) is 22.1. The molecule has 32 heavy (non-hydrogen) atoms. The first-order valence-corrected chi connectivity index (χ1v) is 12.0. The molecule has 0 bridgehead atoms. The number of anilines is 1. The van der Waals surface area contributed by atoms with Crippen LogP contribution in [0.4, 0.5) is 5.69 Å². The van der Waals surface area contributed by atoms with Crippen LogP contribution >= 0.6 is 11.6 Å². The van der Waals surface area contributed by atoms with Crippen molar-refractivity contribution in [1.29, 1.82) is 0 Å². The smallest absolute Gasteiger partial charge is 0.253 e. The Morgan fingerprint density at radius 2 is 2.03 bits per heavy atom. The van der Waals surface area contributed by atoms with Gasteiger partial charge in [-0.1, -0.05) is 11.6 Å². The molecule has 3 aliphatic rings. The number of nitrogens with one attached hydrogen (secondary N) is 2. The summed E-state index contributed by atoms with van der Waals surface area (Å²) < 4.78 is 6.04. The van der Waals surface area contributed by atoms with Crippen molar-refractivity contribution >= 4 is 33.4 Å². The van der Waals surface area contributed by atoms with Crippen LogP contribution in [0.3, 0.4) is 0 Å². The largest absolute Gasteiger partial charge is 0.493 e. The highest BCUT2D eigenvalue weighted by Crippen LogP contribution is 2.36. The van der Waals surface area contributed by atoms with Gasteiger partial charge in [-0.05, 0) is 50.0 Å². The van der Waals surface area contributed by atoms with Crippen LogP contribution in [0, 0.1) is 0 Å². The third-order valence-corrected chi connectivity index (χ3v) is 6.73. The number of hydrogen-bond acceptors (Lipinski definition) is 6. The fourth-order valence-corrected chi connectivity index (χ4v) is 5.10. The van der Waals surface area contributed by atoms with Crippen molar-refractivity contribution in [2.75, 3.05) is 44.6 Å². The summed E-state index contributed by atoms with van der Waals surface area (Å²) in [5.74, 6) is 1.86. The minimum Gasteiger partial charge on any atom is -0.493 e. The summed E-state index contributed by atoms with van der Waals surface area (Å²) in [6.07, 6.45) is 5.77. The van der Waals surface area contributed by atoms with E-state index in [2.05, 4.69) is 43.3 Å². The predicted octanol–water partition coefficient (Wildman–Crippen LogP) is 3.68. The van der Waals surface area contributed by atoms with Gasteiger partial charge in [0.1, 0.15) is 16.7 Å². The molecule has 170 valence electrons. The summed E-state index contributed by atoms with van der Waals surface area (Å²) >= 11 is 6.14. The lowest BCUT2D eigenvalue weighted by atomic mass is 9.99. The molecule has 3 aliphatic heterocycles. The summed E-state index contributed by atoms with van der Waals surface area (Å²) in [5, 5.41) is 5.14. The number of H-pyrrole nitrogens is 1. The average molecular weight is 456 g/mol. The SMILES string of the molecule is CCOc1cc(CN2CCN(C3=CCCC(Cl)=N3)CC2)cc2[nH]c(=O)c3c(c12)NCCC3. The Balaban J connectivity index is 1.37. The van der Waals surface area contributed by atoms with Crippen molar-refractivity contribution in [2.45, 2.75) is 39.2 Å². The monoisotopic (exact) mass is 455 g/mol. The molecule has 1 aromatic carbocycles. The fourth-order valence-electron chi connectivity index (χ4n) is 4.90. The van der Waals surface area contributed by atoms with Crippen LogP contribution in [0.25, 0.3) is 10.9 Å². The van der Waals surface area contributed by atoms with Gasteiger partial charge >= 0.3 is 0 Å². The number of halogens is 1. The van der Waals surface area contributed by atoms with Gasteiger partial charge in [-0.25, -0.2) is 4.99 Å². The van der Waals surface area contributed by atoms with E-state index < -0.39 is 0 Å². The molecule has 0 saturated carbocycles. The van der Waals surface area contributed by atoms with Crippen molar-refractivity contribution < 1.29 is 4.74 Å². The van der Waals surface area contributed by atoms with Gasteiger partial charge in [-0.2, -0.15) is 0 Å². The Morgan fingerprint density at radius 3 is 2.81 bits per heavy atom. The molecular weight excluding hydrogens is 426 g/mol. The Bertz CT molecular complexity index is 1130. The summed E-state index contributed by atoms with van der Waals surface area (Å²) in [4.78, 5) is 25.1. The molecule has 0 atom stereocenters. The Labute approximate surface area is 193 Å². The molecule has 2 N–H and O–H groups in total. The van der Waals surface area contributed by atoms with Gasteiger partial charge in [0, 0.05) is 51.3 Å². The van der Waals surface area contributed by atoms with E-state index in [9.17, 15) is 4.79 Å². The van der Waals surface area contributed by atoms with E-state index in [1.165, 1.54) is 0 Å². The highest BCUT2D eigenvalue weighted by molar-refractivity contribution is 6.65. The molecular formula is C24H30ClN5O2. The van der Waals surface area contributed by atoms with Crippen LogP contribution in [-0.2, 0) is 13.0 Å². The minimum absolute atomic E-state index is 0.00730. The predicted molar refractivity (Wildman–Crippen MR) is 130 cm³/mol. The van der Waals surface area contributed by atoms with Crippen molar-refractivity contribution in [1.82, 2.24) is 14.8 Å². The van der Waals surface area contributed by atoms with Gasteiger partial charge in [0.25, 0.3) is 5.56 Å². The summed E-state index contributed by atoms with van der Waals surface area (Å²) in [6.45, 7) is 8.05. The zero-order valence-electron chi connectivity index (χ0n) is 18.5. The summed E-state index contributed by atoms with van der Waals surface area (Å²) in [6, 6.07) is 4.25. The van der Waals surface area contributed by atoms with Gasteiger partial charge in [-0.15, -0.1) is 0 Å². The number of aliphatic imine (C=N–C) groups is 1. The molecule has 1 aromatic heterocycles. The van der Waals surface area contributed by atoms with E-state index >= 15 is 0 Å². The topological polar surface area (TPSA) is 73.0 Å². The van der Waals surface area contributed by atoms with E-state index in [0.29, 0.717) is 11.8 Å². The second-order valence-corrected chi connectivity index (χ2v) is 9.08. The molecule has 1 fully saturated rings. The second kappa shape index (κ2) is 9.16. The van der Waals surface area contributed by atoms with Crippen LogP contribution < -0.4 is 15.6 Å². The first-order valence-electron chi connectivity index (χ1n) is 11.6. The number of piperazine rings is 1. The second-order valence-electron chi connectivity index (χ2n) is 8.64. The standard InChI is InChI=1S/C24H30ClN5O2/c1-2-32-19-14-16(13-18-22(19)23-17(24(31)27-18)5-4-8-26-23)15-29-9-11-30(12-10-29)21-7-3-6-20(25)28-21/h7,13-14,26H,2-6,8-12,15H2,1H3,(H,27,31). The Kier molecular flexibility index (Phi) is 6.11. The minimum atomic E-state index is 0.00730. The van der Waals surface area contributed by atoms with Gasteiger partial charge in [-0.3, -0.25) is 9.69 Å². The normalized spacial score (nSPS) is 19.2. The molecule has 5 rings (SSSR count).